The molecule has 2 bridgehead atoms. The van der Waals surface area contributed by atoms with E-state index in [9.17, 15) is 9.59 Å². The lowest BCUT2D eigenvalue weighted by Crippen LogP contribution is -2.32. The number of nitrogens with zero attached hydrogens (tertiary/aromatic N) is 3. The number of imidazole rings is 1. The van der Waals surface area contributed by atoms with Gasteiger partial charge in [0.2, 0.25) is 11.8 Å². The van der Waals surface area contributed by atoms with Crippen LogP contribution < -0.4 is 4.90 Å². The van der Waals surface area contributed by atoms with Gasteiger partial charge in [0, 0.05) is 5.69 Å². The van der Waals surface area contributed by atoms with Crippen LogP contribution in [0.25, 0.3) is 16.7 Å². The summed E-state index contributed by atoms with van der Waals surface area (Å²) >= 11 is 0. The molecule has 2 heterocycles. The number of anilines is 1. The Morgan fingerprint density at radius 1 is 0.893 bits per heavy atom. The molecule has 6 rings (SSSR count). The van der Waals surface area contributed by atoms with E-state index in [2.05, 4.69) is 21.7 Å². The number of benzene rings is 2. The van der Waals surface area contributed by atoms with Gasteiger partial charge in [-0.3, -0.25) is 14.2 Å². The van der Waals surface area contributed by atoms with Crippen LogP contribution in [0.15, 0.2) is 60.7 Å². The number of hydrogen-bond acceptors (Lipinski definition) is 3. The summed E-state index contributed by atoms with van der Waals surface area (Å²) < 4.78 is 2.09. The van der Waals surface area contributed by atoms with Crippen molar-refractivity contribution in [3.63, 3.8) is 0 Å². The molecule has 1 saturated heterocycles. The second-order valence-electron chi connectivity index (χ2n) is 8.01. The van der Waals surface area contributed by atoms with Crippen LogP contribution in [0.2, 0.25) is 0 Å². The molecule has 5 nitrogen and oxygen atoms in total. The maximum Gasteiger partial charge on any atom is 0.238 e. The standard InChI is InChI=1S/C23H19N3O2/c1-13-24-18-12-17(9-10-19(18)25(13)16-5-3-2-4-6-16)26-22(27)20-14-7-8-15(11-14)21(20)23(26)28/h2-10,12,14-15,20-21H,11H2,1H3/t14-,15-,20-,21+/m0/s1. The first-order valence-corrected chi connectivity index (χ1v) is 9.74. The number of aromatic nitrogens is 2. The van der Waals surface area contributed by atoms with E-state index in [1.54, 1.807) is 0 Å². The van der Waals surface area contributed by atoms with Gasteiger partial charge in [-0.15, -0.1) is 0 Å². The van der Waals surface area contributed by atoms with E-state index in [-0.39, 0.29) is 35.5 Å². The summed E-state index contributed by atoms with van der Waals surface area (Å²) in [5.74, 6) is 0.857. The van der Waals surface area contributed by atoms with Crippen molar-refractivity contribution in [1.29, 1.82) is 0 Å². The molecule has 0 N–H and O–H groups in total. The predicted octanol–water partition coefficient (Wildman–Crippen LogP) is 3.65. The smallest absolute Gasteiger partial charge is 0.238 e. The third-order valence-electron chi connectivity index (χ3n) is 6.55. The number of hydrogen-bond donors (Lipinski definition) is 0. The monoisotopic (exact) mass is 369 g/mol. The van der Waals surface area contributed by atoms with Crippen LogP contribution in [0.3, 0.4) is 0 Å². The molecule has 0 radical (unpaired) electrons. The minimum absolute atomic E-state index is 0.0505. The number of allylic oxidation sites excluding steroid dienone is 2. The number of imide groups is 1. The van der Waals surface area contributed by atoms with Crippen LogP contribution >= 0.6 is 0 Å². The molecule has 138 valence electrons. The van der Waals surface area contributed by atoms with E-state index >= 15 is 0 Å². The zero-order valence-electron chi connectivity index (χ0n) is 15.4. The number of carbonyl (C=O) groups is 2. The number of fused-ring (bicyclic) bond motifs is 6. The van der Waals surface area contributed by atoms with Crippen molar-refractivity contribution in [2.24, 2.45) is 23.7 Å². The SMILES string of the molecule is Cc1nc2cc(N3C(=O)[C@@H]4[C@H](C3=O)[C@H]3C=C[C@H]4C3)ccc2n1-c1ccccc1. The molecule has 1 saturated carbocycles. The van der Waals surface area contributed by atoms with Gasteiger partial charge in [0.25, 0.3) is 0 Å². The minimum Gasteiger partial charge on any atom is -0.297 e. The molecule has 1 aliphatic heterocycles. The summed E-state index contributed by atoms with van der Waals surface area (Å²) in [5.41, 5.74) is 3.43. The normalized spacial score (nSPS) is 28.0. The van der Waals surface area contributed by atoms with E-state index in [1.807, 2.05) is 55.5 Å². The Hall–Kier alpha value is -3.21. The van der Waals surface area contributed by atoms with Crippen molar-refractivity contribution in [1.82, 2.24) is 9.55 Å². The van der Waals surface area contributed by atoms with Crippen molar-refractivity contribution in [3.8, 4) is 5.69 Å². The Balaban J connectivity index is 1.44. The lowest BCUT2D eigenvalue weighted by Gasteiger charge is -2.17. The van der Waals surface area contributed by atoms with Gasteiger partial charge in [-0.1, -0.05) is 30.4 Å². The highest BCUT2D eigenvalue weighted by atomic mass is 16.2. The minimum atomic E-state index is -0.179. The summed E-state index contributed by atoms with van der Waals surface area (Å²) in [6.45, 7) is 1.96. The quantitative estimate of drug-likeness (QED) is 0.512. The van der Waals surface area contributed by atoms with Gasteiger partial charge in [-0.2, -0.15) is 0 Å². The van der Waals surface area contributed by atoms with Gasteiger partial charge in [0.15, 0.2) is 0 Å². The van der Waals surface area contributed by atoms with E-state index in [4.69, 9.17) is 0 Å². The van der Waals surface area contributed by atoms with Crippen molar-refractivity contribution < 1.29 is 9.59 Å². The Kier molecular flexibility index (Phi) is 3.05. The summed E-state index contributed by atoms with van der Waals surface area (Å²) in [5, 5.41) is 0. The van der Waals surface area contributed by atoms with Gasteiger partial charge in [-0.05, 0) is 55.5 Å². The molecule has 5 heteroatoms. The van der Waals surface area contributed by atoms with Crippen molar-refractivity contribution >= 4 is 28.5 Å². The van der Waals surface area contributed by atoms with E-state index in [0.29, 0.717) is 5.69 Å². The van der Waals surface area contributed by atoms with Crippen LogP contribution in [0.5, 0.6) is 0 Å². The largest absolute Gasteiger partial charge is 0.297 e. The highest BCUT2D eigenvalue weighted by molar-refractivity contribution is 6.23. The number of aryl methyl sites for hydroxylation is 1. The fraction of sp³-hybridized carbons (Fsp3) is 0.261. The Bertz CT molecular complexity index is 1150. The molecular formula is C23H19N3O2. The van der Waals surface area contributed by atoms with Crippen LogP contribution in [-0.4, -0.2) is 21.4 Å². The van der Waals surface area contributed by atoms with Gasteiger partial charge in [0.05, 0.1) is 28.6 Å². The summed E-state index contributed by atoms with van der Waals surface area (Å²) in [7, 11) is 0. The van der Waals surface area contributed by atoms with Crippen molar-refractivity contribution in [2.75, 3.05) is 4.90 Å². The maximum absolute atomic E-state index is 13.1. The summed E-state index contributed by atoms with van der Waals surface area (Å²) in [4.78, 5) is 32.2. The Labute approximate surface area is 162 Å². The van der Waals surface area contributed by atoms with E-state index in [0.717, 1.165) is 29.0 Å². The zero-order valence-corrected chi connectivity index (χ0v) is 15.4. The van der Waals surface area contributed by atoms with Gasteiger partial charge < -0.3 is 0 Å². The fourth-order valence-corrected chi connectivity index (χ4v) is 5.39. The second kappa shape index (κ2) is 5.41. The number of carbonyl (C=O) groups excluding carboxylic acids is 2. The maximum atomic E-state index is 13.1. The van der Waals surface area contributed by atoms with Gasteiger partial charge in [0.1, 0.15) is 5.82 Å². The van der Waals surface area contributed by atoms with E-state index < -0.39 is 0 Å². The number of para-hydroxylation sites is 1. The first-order valence-electron chi connectivity index (χ1n) is 9.74. The van der Waals surface area contributed by atoms with Crippen LogP contribution in [-0.2, 0) is 9.59 Å². The third kappa shape index (κ3) is 1.93. The fourth-order valence-electron chi connectivity index (χ4n) is 5.39. The van der Waals surface area contributed by atoms with Crippen LogP contribution in [0, 0.1) is 30.6 Å². The topological polar surface area (TPSA) is 55.2 Å². The average molecular weight is 369 g/mol. The first-order chi connectivity index (χ1) is 13.6. The van der Waals surface area contributed by atoms with Crippen molar-refractivity contribution in [3.05, 3.63) is 66.5 Å². The Morgan fingerprint density at radius 2 is 1.57 bits per heavy atom. The molecule has 2 aromatic carbocycles. The highest BCUT2D eigenvalue weighted by Gasteiger charge is 2.59. The molecule has 28 heavy (non-hydrogen) atoms. The molecule has 3 aliphatic rings. The summed E-state index contributed by atoms with van der Waals surface area (Å²) in [6.07, 6.45) is 5.18. The molecule has 0 unspecified atom stereocenters. The Morgan fingerprint density at radius 3 is 2.25 bits per heavy atom. The molecular weight excluding hydrogens is 350 g/mol. The van der Waals surface area contributed by atoms with Crippen molar-refractivity contribution in [2.45, 2.75) is 13.3 Å². The number of amides is 2. The molecule has 1 aromatic heterocycles. The van der Waals surface area contributed by atoms with Crippen LogP contribution in [0.4, 0.5) is 5.69 Å². The number of rotatable bonds is 2. The zero-order chi connectivity index (χ0) is 19.0. The lowest BCUT2D eigenvalue weighted by atomic mass is 9.85. The first kappa shape index (κ1) is 15.8. The molecule has 3 aromatic rings. The van der Waals surface area contributed by atoms with Gasteiger partial charge in [-0.25, -0.2) is 9.88 Å². The average Bonchev–Trinajstić information content (AvgIpc) is 3.44. The van der Waals surface area contributed by atoms with Crippen LogP contribution in [0.1, 0.15) is 12.2 Å². The predicted molar refractivity (Wildman–Crippen MR) is 106 cm³/mol. The van der Waals surface area contributed by atoms with E-state index in [1.165, 1.54) is 4.90 Å². The molecule has 4 atom stereocenters. The second-order valence-corrected chi connectivity index (χ2v) is 8.01. The summed E-state index contributed by atoms with van der Waals surface area (Å²) in [6, 6.07) is 15.8. The lowest BCUT2D eigenvalue weighted by molar-refractivity contribution is -0.123. The molecule has 0 spiro atoms. The molecule has 2 amide bonds. The van der Waals surface area contributed by atoms with Gasteiger partial charge >= 0.3 is 0 Å². The molecule has 2 fully saturated rings. The highest BCUT2D eigenvalue weighted by Crippen LogP contribution is 2.53. The third-order valence-corrected chi connectivity index (χ3v) is 6.55. The molecule has 2 aliphatic carbocycles.